The number of ether oxygens (including phenoxy) is 2. The molecule has 3 amide bonds. The van der Waals surface area contributed by atoms with E-state index in [1.54, 1.807) is 55.5 Å². The monoisotopic (exact) mass is 545 g/mol. The Balaban J connectivity index is 1.48. The third-order valence-corrected chi connectivity index (χ3v) is 7.08. The van der Waals surface area contributed by atoms with Gasteiger partial charge in [0, 0.05) is 18.9 Å². The van der Waals surface area contributed by atoms with Gasteiger partial charge in [0.2, 0.25) is 18.6 Å². The number of aliphatic hydroxyl groups excluding tert-OH is 1. The Morgan fingerprint density at radius 1 is 1.10 bits per heavy atom. The number of alkyl halides is 2. The molecule has 1 saturated heterocycles. The molecule has 0 aliphatic carbocycles. The lowest BCUT2D eigenvalue weighted by Crippen LogP contribution is -2.56. The van der Waals surface area contributed by atoms with Crippen molar-refractivity contribution in [3.63, 3.8) is 0 Å². The summed E-state index contributed by atoms with van der Waals surface area (Å²) in [5, 5.41) is 16.4. The maximum atomic E-state index is 14.5. The van der Waals surface area contributed by atoms with E-state index in [0.29, 0.717) is 28.4 Å². The highest BCUT2D eigenvalue weighted by atomic mass is 19.3. The van der Waals surface area contributed by atoms with Crippen LogP contribution in [0.25, 0.3) is 0 Å². The highest BCUT2D eigenvalue weighted by Gasteiger charge is 2.51. The number of fused-ring (bicyclic) bond motifs is 1. The second kappa shape index (κ2) is 12.0. The number of carbonyl (C=O) groups excluding carboxylic acids is 3. The van der Waals surface area contributed by atoms with Crippen molar-refractivity contribution >= 4 is 17.7 Å². The van der Waals surface area contributed by atoms with Crippen LogP contribution in [0.4, 0.5) is 8.78 Å². The summed E-state index contributed by atoms with van der Waals surface area (Å²) in [6.07, 6.45) is -2.07. The van der Waals surface area contributed by atoms with E-state index in [4.69, 9.17) is 9.47 Å². The smallest absolute Gasteiger partial charge is 0.267 e. The summed E-state index contributed by atoms with van der Waals surface area (Å²) < 4.78 is 39.6. The first kappa shape index (κ1) is 28.3. The minimum Gasteiger partial charge on any atom is -0.454 e. The fourth-order valence-corrected chi connectivity index (χ4v) is 4.60. The van der Waals surface area contributed by atoms with Gasteiger partial charge >= 0.3 is 0 Å². The van der Waals surface area contributed by atoms with Gasteiger partial charge in [0.15, 0.2) is 17.6 Å². The Hall–Kier alpha value is -3.73. The van der Waals surface area contributed by atoms with Crippen LogP contribution in [0.15, 0.2) is 48.5 Å². The van der Waals surface area contributed by atoms with Crippen molar-refractivity contribution in [2.75, 3.05) is 13.3 Å². The van der Waals surface area contributed by atoms with Gasteiger partial charge in [0.1, 0.15) is 6.04 Å². The average molecular weight is 546 g/mol. The summed E-state index contributed by atoms with van der Waals surface area (Å²) in [6, 6.07) is 11.4. The second-order valence-electron chi connectivity index (χ2n) is 10.0. The molecular formula is C28H33F2N3O6. The van der Waals surface area contributed by atoms with Crippen molar-refractivity contribution in [2.24, 2.45) is 5.92 Å². The number of hydrogen-bond donors (Lipinski definition) is 3. The van der Waals surface area contributed by atoms with Gasteiger partial charge in [-0.1, -0.05) is 50.2 Å². The van der Waals surface area contributed by atoms with E-state index in [2.05, 4.69) is 10.6 Å². The second-order valence-corrected chi connectivity index (χ2v) is 10.0. The van der Waals surface area contributed by atoms with Crippen LogP contribution < -0.4 is 20.1 Å². The van der Waals surface area contributed by atoms with E-state index < -0.39 is 48.9 Å². The van der Waals surface area contributed by atoms with Gasteiger partial charge < -0.3 is 30.1 Å². The summed E-state index contributed by atoms with van der Waals surface area (Å²) in [6.45, 7) is 2.64. The van der Waals surface area contributed by atoms with Crippen molar-refractivity contribution in [3.05, 3.63) is 59.7 Å². The van der Waals surface area contributed by atoms with E-state index in [1.807, 2.05) is 6.92 Å². The molecule has 2 aliphatic rings. The van der Waals surface area contributed by atoms with Crippen LogP contribution in [-0.2, 0) is 27.3 Å². The van der Waals surface area contributed by atoms with Crippen molar-refractivity contribution in [3.8, 4) is 11.5 Å². The van der Waals surface area contributed by atoms with Crippen LogP contribution >= 0.6 is 0 Å². The molecule has 4 rings (SSSR count). The van der Waals surface area contributed by atoms with Crippen LogP contribution in [0.1, 0.15) is 37.8 Å². The Kier molecular flexibility index (Phi) is 8.69. The minimum absolute atomic E-state index is 0.0176. The van der Waals surface area contributed by atoms with Gasteiger partial charge in [-0.25, -0.2) is 8.78 Å². The lowest BCUT2D eigenvalue weighted by atomic mass is 9.98. The predicted molar refractivity (Wildman–Crippen MR) is 137 cm³/mol. The molecule has 210 valence electrons. The molecule has 0 saturated carbocycles. The van der Waals surface area contributed by atoms with Gasteiger partial charge in [-0.15, -0.1) is 0 Å². The molecule has 0 bridgehead atoms. The Labute approximate surface area is 225 Å². The van der Waals surface area contributed by atoms with E-state index in [0.717, 1.165) is 5.56 Å². The van der Waals surface area contributed by atoms with Gasteiger partial charge in [-0.2, -0.15) is 0 Å². The van der Waals surface area contributed by atoms with Crippen molar-refractivity contribution in [2.45, 2.75) is 63.8 Å². The molecule has 11 heteroatoms. The normalized spacial score (nSPS) is 19.7. The van der Waals surface area contributed by atoms with Crippen LogP contribution in [0, 0.1) is 5.92 Å². The summed E-state index contributed by atoms with van der Waals surface area (Å²) >= 11 is 0. The van der Waals surface area contributed by atoms with E-state index in [9.17, 15) is 28.3 Å². The minimum atomic E-state index is -3.31. The van der Waals surface area contributed by atoms with E-state index in [1.165, 1.54) is 0 Å². The molecule has 2 aliphatic heterocycles. The number of nitrogens with one attached hydrogen (secondary N) is 2. The predicted octanol–water partition coefficient (Wildman–Crippen LogP) is 2.40. The van der Waals surface area contributed by atoms with Crippen LogP contribution in [0.2, 0.25) is 0 Å². The number of carbonyl (C=O) groups is 3. The Morgan fingerprint density at radius 3 is 2.54 bits per heavy atom. The molecule has 4 unspecified atom stereocenters. The average Bonchev–Trinajstić information content (AvgIpc) is 3.53. The first-order valence-electron chi connectivity index (χ1n) is 12.9. The molecule has 9 nitrogen and oxygen atoms in total. The molecule has 2 aromatic rings. The maximum Gasteiger partial charge on any atom is 0.267 e. The van der Waals surface area contributed by atoms with Crippen molar-refractivity contribution < 1.29 is 37.7 Å². The lowest BCUT2D eigenvalue weighted by molar-refractivity contribution is -0.147. The molecule has 3 N–H and O–H groups in total. The number of halogens is 2. The Bertz CT molecular complexity index is 1200. The van der Waals surface area contributed by atoms with Gasteiger partial charge in [0.25, 0.3) is 11.8 Å². The molecule has 0 aromatic heterocycles. The van der Waals surface area contributed by atoms with Gasteiger partial charge in [-0.05, 0) is 36.1 Å². The van der Waals surface area contributed by atoms with Gasteiger partial charge in [-0.3, -0.25) is 14.4 Å². The third-order valence-electron chi connectivity index (χ3n) is 7.08. The number of nitrogens with zero attached hydrogens (tertiary/aromatic N) is 1. The summed E-state index contributed by atoms with van der Waals surface area (Å²) in [7, 11) is 0. The summed E-state index contributed by atoms with van der Waals surface area (Å²) in [4.78, 5) is 39.7. The molecule has 39 heavy (non-hydrogen) atoms. The third kappa shape index (κ3) is 6.83. The lowest BCUT2D eigenvalue weighted by Gasteiger charge is -2.30. The molecule has 1 fully saturated rings. The molecule has 0 radical (unpaired) electrons. The molecule has 4 atom stereocenters. The number of aliphatic hydroxyl groups is 1. The van der Waals surface area contributed by atoms with Crippen molar-refractivity contribution in [1.29, 1.82) is 0 Å². The zero-order valence-corrected chi connectivity index (χ0v) is 21.9. The SMILES string of the molecule is CCC(C)C(=O)NC(Cc1ccccc1)C(O)C(=O)N1CC(F)(F)CC1C(=O)NCc1ccc2c(c1)OCO2. The number of hydrogen-bond acceptors (Lipinski definition) is 6. The maximum absolute atomic E-state index is 14.5. The quantitative estimate of drug-likeness (QED) is 0.422. The first-order chi connectivity index (χ1) is 18.6. The molecular weight excluding hydrogens is 512 g/mol. The zero-order chi connectivity index (χ0) is 28.2. The van der Waals surface area contributed by atoms with Crippen LogP contribution in [0.3, 0.4) is 0 Å². The Morgan fingerprint density at radius 2 is 1.82 bits per heavy atom. The molecule has 0 spiro atoms. The molecule has 2 aromatic carbocycles. The van der Waals surface area contributed by atoms with Crippen molar-refractivity contribution in [1.82, 2.24) is 15.5 Å². The highest BCUT2D eigenvalue weighted by Crippen LogP contribution is 2.34. The largest absolute Gasteiger partial charge is 0.454 e. The number of rotatable bonds is 10. The standard InChI is InChI=1S/C28H33F2N3O6/c1-3-17(2)25(35)32-20(11-18-7-5-4-6-8-18)24(34)27(37)33-15-28(29,30)13-21(33)26(36)31-14-19-9-10-22-23(12-19)39-16-38-22/h4-10,12,17,20-21,24,34H,3,11,13-16H2,1-2H3,(H,31,36)(H,32,35). The van der Waals surface area contributed by atoms with Crippen LogP contribution in [0.5, 0.6) is 11.5 Å². The van der Waals surface area contributed by atoms with E-state index >= 15 is 0 Å². The van der Waals surface area contributed by atoms with Gasteiger partial charge in [0.05, 0.1) is 12.6 Å². The summed E-state index contributed by atoms with van der Waals surface area (Å²) in [5.74, 6) is -4.79. The highest BCUT2D eigenvalue weighted by molar-refractivity contribution is 5.91. The number of benzene rings is 2. The van der Waals surface area contributed by atoms with Crippen LogP contribution in [-0.4, -0.2) is 65.2 Å². The fourth-order valence-electron chi connectivity index (χ4n) is 4.60. The van der Waals surface area contributed by atoms with E-state index in [-0.39, 0.29) is 31.6 Å². The molecule has 2 heterocycles. The topological polar surface area (TPSA) is 117 Å². The summed E-state index contributed by atoms with van der Waals surface area (Å²) in [5.41, 5.74) is 1.40. The number of likely N-dealkylation sites (tertiary alicyclic amines) is 1. The first-order valence-corrected chi connectivity index (χ1v) is 12.9. The number of amides is 3. The fraction of sp³-hybridized carbons (Fsp3) is 0.464. The zero-order valence-electron chi connectivity index (χ0n) is 21.9.